The number of hydrogen-bond acceptors (Lipinski definition) is 4. The van der Waals surface area contributed by atoms with Gasteiger partial charge in [0.15, 0.2) is 0 Å². The fourth-order valence-electron chi connectivity index (χ4n) is 1.85. The normalized spacial score (nSPS) is 24.6. The highest BCUT2D eigenvalue weighted by molar-refractivity contribution is 6.29. The zero-order chi connectivity index (χ0) is 10.7. The van der Waals surface area contributed by atoms with Crippen molar-refractivity contribution in [2.75, 3.05) is 5.32 Å². The average Bonchev–Trinajstić information content (AvgIpc) is 2.22. The Morgan fingerprint density at radius 3 is 2.62 bits per heavy atom. The van der Waals surface area contributed by atoms with Crippen molar-refractivity contribution in [3.05, 3.63) is 17.4 Å². The minimum absolute atomic E-state index is 0. The quantitative estimate of drug-likeness (QED) is 0.803. The first kappa shape index (κ1) is 13.5. The molecule has 0 unspecified atom stereocenters. The van der Waals surface area contributed by atoms with E-state index in [-0.39, 0.29) is 12.4 Å². The number of nitrogens with one attached hydrogen (secondary N) is 1. The minimum Gasteiger partial charge on any atom is -0.351 e. The first-order valence-electron chi connectivity index (χ1n) is 5.25. The van der Waals surface area contributed by atoms with Crippen LogP contribution < -0.4 is 11.1 Å². The molecule has 0 aliphatic heterocycles. The third-order valence-electron chi connectivity index (χ3n) is 2.73. The Balaban J connectivity index is 0.00000128. The summed E-state index contributed by atoms with van der Waals surface area (Å²) < 4.78 is 0. The Kier molecular flexibility index (Phi) is 5.25. The predicted octanol–water partition coefficient (Wildman–Crippen LogP) is 2.23. The lowest BCUT2D eigenvalue weighted by molar-refractivity contribution is 0.410. The molecule has 0 radical (unpaired) electrons. The van der Waals surface area contributed by atoms with Crippen molar-refractivity contribution < 1.29 is 0 Å². The molecule has 0 amide bonds. The molecule has 4 nitrogen and oxygen atoms in total. The van der Waals surface area contributed by atoms with Crippen LogP contribution in [-0.2, 0) is 0 Å². The molecule has 1 saturated carbocycles. The van der Waals surface area contributed by atoms with Crippen molar-refractivity contribution in [2.45, 2.75) is 37.8 Å². The van der Waals surface area contributed by atoms with E-state index in [2.05, 4.69) is 15.3 Å². The zero-order valence-corrected chi connectivity index (χ0v) is 10.5. The van der Waals surface area contributed by atoms with Crippen LogP contribution in [-0.4, -0.2) is 22.1 Å². The maximum atomic E-state index is 5.83. The van der Waals surface area contributed by atoms with Crippen molar-refractivity contribution in [3.8, 4) is 0 Å². The Labute approximate surface area is 106 Å². The molecule has 1 aromatic heterocycles. The van der Waals surface area contributed by atoms with Crippen LogP contribution in [0.15, 0.2) is 12.3 Å². The highest BCUT2D eigenvalue weighted by Crippen LogP contribution is 2.19. The fraction of sp³-hybridized carbons (Fsp3) is 0.600. The summed E-state index contributed by atoms with van der Waals surface area (Å²) in [6.07, 6.45) is 5.96. The lowest BCUT2D eigenvalue weighted by Crippen LogP contribution is -2.33. The summed E-state index contributed by atoms with van der Waals surface area (Å²) in [5, 5.41) is 3.75. The maximum Gasteiger partial charge on any atom is 0.224 e. The van der Waals surface area contributed by atoms with Gasteiger partial charge in [-0.2, -0.15) is 0 Å². The molecule has 1 heterocycles. The monoisotopic (exact) mass is 262 g/mol. The molecule has 0 spiro atoms. The first-order valence-corrected chi connectivity index (χ1v) is 5.62. The van der Waals surface area contributed by atoms with E-state index in [4.69, 9.17) is 17.3 Å². The van der Waals surface area contributed by atoms with Crippen LogP contribution in [0, 0.1) is 0 Å². The van der Waals surface area contributed by atoms with E-state index in [0.29, 0.717) is 23.2 Å². The SMILES string of the molecule is Cl.NC1CCC(Nc2nccc(Cl)n2)CC1. The van der Waals surface area contributed by atoms with Gasteiger partial charge in [0, 0.05) is 18.3 Å². The van der Waals surface area contributed by atoms with Crippen LogP contribution in [0.4, 0.5) is 5.95 Å². The third-order valence-corrected chi connectivity index (χ3v) is 2.94. The summed E-state index contributed by atoms with van der Waals surface area (Å²) >= 11 is 5.77. The lowest BCUT2D eigenvalue weighted by atomic mass is 9.92. The van der Waals surface area contributed by atoms with E-state index >= 15 is 0 Å². The molecule has 0 saturated heterocycles. The number of aromatic nitrogens is 2. The van der Waals surface area contributed by atoms with Crippen LogP contribution in [0.1, 0.15) is 25.7 Å². The summed E-state index contributed by atoms with van der Waals surface area (Å²) in [5.41, 5.74) is 5.83. The Morgan fingerprint density at radius 2 is 2.00 bits per heavy atom. The van der Waals surface area contributed by atoms with Gasteiger partial charge in [-0.15, -0.1) is 12.4 Å². The summed E-state index contributed by atoms with van der Waals surface area (Å²) in [7, 11) is 0. The average molecular weight is 263 g/mol. The molecule has 0 atom stereocenters. The van der Waals surface area contributed by atoms with Crippen molar-refractivity contribution in [1.29, 1.82) is 0 Å². The lowest BCUT2D eigenvalue weighted by Gasteiger charge is -2.26. The van der Waals surface area contributed by atoms with E-state index in [1.54, 1.807) is 12.3 Å². The van der Waals surface area contributed by atoms with E-state index in [0.717, 1.165) is 25.7 Å². The second-order valence-corrected chi connectivity index (χ2v) is 4.35. The van der Waals surface area contributed by atoms with E-state index in [1.807, 2.05) is 0 Å². The van der Waals surface area contributed by atoms with E-state index < -0.39 is 0 Å². The van der Waals surface area contributed by atoms with Crippen molar-refractivity contribution >= 4 is 30.0 Å². The van der Waals surface area contributed by atoms with Gasteiger partial charge < -0.3 is 11.1 Å². The number of halogens is 2. The topological polar surface area (TPSA) is 63.8 Å². The number of nitrogens with two attached hydrogens (primary N) is 1. The van der Waals surface area contributed by atoms with Gasteiger partial charge in [-0.05, 0) is 31.7 Å². The van der Waals surface area contributed by atoms with E-state index in [1.165, 1.54) is 0 Å². The third kappa shape index (κ3) is 3.77. The number of anilines is 1. The van der Waals surface area contributed by atoms with Gasteiger partial charge in [0.2, 0.25) is 5.95 Å². The Hall–Kier alpha value is -0.580. The van der Waals surface area contributed by atoms with Crippen molar-refractivity contribution in [3.63, 3.8) is 0 Å². The molecule has 1 aliphatic rings. The highest BCUT2D eigenvalue weighted by Gasteiger charge is 2.18. The van der Waals surface area contributed by atoms with E-state index in [9.17, 15) is 0 Å². The van der Waals surface area contributed by atoms with Crippen LogP contribution in [0.3, 0.4) is 0 Å². The number of rotatable bonds is 2. The predicted molar refractivity (Wildman–Crippen MR) is 68.1 cm³/mol. The summed E-state index contributed by atoms with van der Waals surface area (Å²) in [6, 6.07) is 2.47. The largest absolute Gasteiger partial charge is 0.351 e. The Morgan fingerprint density at radius 1 is 1.31 bits per heavy atom. The fourth-order valence-corrected chi connectivity index (χ4v) is 1.99. The molecule has 90 valence electrons. The molecule has 6 heteroatoms. The molecular weight excluding hydrogens is 247 g/mol. The molecular formula is C10H16Cl2N4. The molecule has 0 bridgehead atoms. The summed E-state index contributed by atoms with van der Waals surface area (Å²) in [6.45, 7) is 0. The molecule has 0 aromatic carbocycles. The second-order valence-electron chi connectivity index (χ2n) is 3.96. The minimum atomic E-state index is 0. The van der Waals surface area contributed by atoms with Gasteiger partial charge in [0.05, 0.1) is 0 Å². The standard InChI is InChI=1S/C10H15ClN4.ClH/c11-9-5-6-13-10(15-9)14-8-3-1-7(12)2-4-8;/h5-8H,1-4,12H2,(H,13,14,15);1H. The van der Waals surface area contributed by atoms with Crippen LogP contribution >= 0.6 is 24.0 Å². The van der Waals surface area contributed by atoms with Gasteiger partial charge in [-0.3, -0.25) is 0 Å². The first-order chi connectivity index (χ1) is 7.24. The van der Waals surface area contributed by atoms with Gasteiger partial charge >= 0.3 is 0 Å². The van der Waals surface area contributed by atoms with Crippen LogP contribution in [0.25, 0.3) is 0 Å². The van der Waals surface area contributed by atoms with Gasteiger partial charge in [0.25, 0.3) is 0 Å². The number of nitrogens with zero attached hydrogens (tertiary/aromatic N) is 2. The molecule has 16 heavy (non-hydrogen) atoms. The van der Waals surface area contributed by atoms with Crippen LogP contribution in [0.2, 0.25) is 5.15 Å². The Bertz CT molecular complexity index is 326. The molecule has 2 rings (SSSR count). The molecule has 3 N–H and O–H groups in total. The van der Waals surface area contributed by atoms with Crippen molar-refractivity contribution in [2.24, 2.45) is 5.73 Å². The molecule has 1 aromatic rings. The molecule has 1 aliphatic carbocycles. The number of hydrogen-bond donors (Lipinski definition) is 2. The highest BCUT2D eigenvalue weighted by atomic mass is 35.5. The van der Waals surface area contributed by atoms with Crippen molar-refractivity contribution in [1.82, 2.24) is 9.97 Å². The zero-order valence-electron chi connectivity index (χ0n) is 8.90. The maximum absolute atomic E-state index is 5.83. The summed E-state index contributed by atoms with van der Waals surface area (Å²) in [4.78, 5) is 8.21. The van der Waals surface area contributed by atoms with Crippen LogP contribution in [0.5, 0.6) is 0 Å². The smallest absolute Gasteiger partial charge is 0.224 e. The summed E-state index contributed by atoms with van der Waals surface area (Å²) in [5.74, 6) is 0.614. The van der Waals surface area contributed by atoms with Gasteiger partial charge in [-0.25, -0.2) is 9.97 Å². The van der Waals surface area contributed by atoms with Gasteiger partial charge in [-0.1, -0.05) is 11.6 Å². The van der Waals surface area contributed by atoms with Gasteiger partial charge in [0.1, 0.15) is 5.15 Å². The molecule has 1 fully saturated rings. The second kappa shape index (κ2) is 6.23.